The number of aromatic nitrogens is 4. The number of carbonyl (C=O) groups is 2. The summed E-state index contributed by atoms with van der Waals surface area (Å²) in [5.74, 6) is 2.09. The van der Waals surface area contributed by atoms with Crippen LogP contribution in [0, 0.1) is 11.8 Å². The largest absolute Gasteiger partial charge is 0.370 e. The standard InChI is InChI=1S/C25H33N7O2S/c1-3-17(4-2)14-26-21-13-20(29-22(30-21)19-15-28-32-11-12-35-24(19)32)23(34)31-9-5-18(6-10-31)25(7-8-25)27-16-33/h11-13,15-18H,3-10,14H2,1-2H3,(H,27,33)(H,26,29,30). The Morgan fingerprint density at radius 2 is 2.03 bits per heavy atom. The third-order valence-corrected chi connectivity index (χ3v) is 8.63. The van der Waals surface area contributed by atoms with Gasteiger partial charge < -0.3 is 15.5 Å². The first-order chi connectivity index (χ1) is 17.1. The molecular weight excluding hydrogens is 462 g/mol. The molecule has 186 valence electrons. The summed E-state index contributed by atoms with van der Waals surface area (Å²) in [7, 11) is 0. The van der Waals surface area contributed by atoms with Gasteiger partial charge in [0.2, 0.25) is 6.41 Å². The molecule has 2 aliphatic rings. The normalized spacial score (nSPS) is 17.6. The van der Waals surface area contributed by atoms with Gasteiger partial charge in [-0.2, -0.15) is 5.10 Å². The van der Waals surface area contributed by atoms with E-state index in [-0.39, 0.29) is 11.4 Å². The molecule has 1 aliphatic carbocycles. The Balaban J connectivity index is 1.38. The lowest BCUT2D eigenvalue weighted by Gasteiger charge is -2.36. The van der Waals surface area contributed by atoms with Gasteiger partial charge in [-0.05, 0) is 37.5 Å². The lowest BCUT2D eigenvalue weighted by Crippen LogP contribution is -2.46. The summed E-state index contributed by atoms with van der Waals surface area (Å²) in [4.78, 5) is 36.9. The maximum Gasteiger partial charge on any atom is 0.272 e. The van der Waals surface area contributed by atoms with E-state index < -0.39 is 0 Å². The van der Waals surface area contributed by atoms with Gasteiger partial charge in [0.25, 0.3) is 5.91 Å². The van der Waals surface area contributed by atoms with Crippen LogP contribution in [0.4, 0.5) is 5.82 Å². The van der Waals surface area contributed by atoms with Crippen LogP contribution in [0.2, 0.25) is 0 Å². The molecule has 9 nitrogen and oxygen atoms in total. The highest BCUT2D eigenvalue weighted by Gasteiger charge is 2.49. The molecule has 2 amide bonds. The van der Waals surface area contributed by atoms with E-state index in [1.54, 1.807) is 28.1 Å². The number of hydrogen-bond acceptors (Lipinski definition) is 7. The number of nitrogens with one attached hydrogen (secondary N) is 2. The summed E-state index contributed by atoms with van der Waals surface area (Å²) in [5.41, 5.74) is 1.19. The summed E-state index contributed by atoms with van der Waals surface area (Å²) < 4.78 is 1.81. The van der Waals surface area contributed by atoms with Crippen LogP contribution in [0.5, 0.6) is 0 Å². The Hall–Kier alpha value is -3.01. The first-order valence-electron chi connectivity index (χ1n) is 12.6. The maximum atomic E-state index is 13.6. The van der Waals surface area contributed by atoms with E-state index in [1.807, 2.05) is 16.5 Å². The summed E-state index contributed by atoms with van der Waals surface area (Å²) in [5, 5.41) is 12.9. The average Bonchev–Trinajstić information content (AvgIpc) is 3.33. The first-order valence-corrected chi connectivity index (χ1v) is 13.5. The van der Waals surface area contributed by atoms with Gasteiger partial charge in [0.1, 0.15) is 16.3 Å². The molecule has 5 rings (SSSR count). The van der Waals surface area contributed by atoms with Crippen molar-refractivity contribution in [3.05, 3.63) is 29.5 Å². The molecule has 35 heavy (non-hydrogen) atoms. The fraction of sp³-hybridized carbons (Fsp3) is 0.560. The van der Waals surface area contributed by atoms with Crippen LogP contribution >= 0.6 is 11.3 Å². The minimum atomic E-state index is -0.0690. The van der Waals surface area contributed by atoms with Gasteiger partial charge in [0.15, 0.2) is 5.82 Å². The summed E-state index contributed by atoms with van der Waals surface area (Å²) in [6.07, 6.45) is 10.5. The molecule has 3 aromatic rings. The van der Waals surface area contributed by atoms with Crippen LogP contribution in [-0.4, -0.2) is 62.0 Å². The van der Waals surface area contributed by atoms with Crippen LogP contribution in [0.15, 0.2) is 23.8 Å². The molecular formula is C25H33N7O2S. The predicted octanol–water partition coefficient (Wildman–Crippen LogP) is 3.83. The van der Waals surface area contributed by atoms with Crippen LogP contribution in [0.3, 0.4) is 0 Å². The molecule has 1 saturated heterocycles. The highest BCUT2D eigenvalue weighted by Crippen LogP contribution is 2.46. The molecule has 4 heterocycles. The van der Waals surface area contributed by atoms with Crippen molar-refractivity contribution in [2.75, 3.05) is 25.0 Å². The van der Waals surface area contributed by atoms with Crippen LogP contribution in [-0.2, 0) is 4.79 Å². The van der Waals surface area contributed by atoms with E-state index in [0.29, 0.717) is 42.3 Å². The number of rotatable bonds is 10. The highest BCUT2D eigenvalue weighted by molar-refractivity contribution is 7.16. The molecule has 2 fully saturated rings. The smallest absolute Gasteiger partial charge is 0.272 e. The number of carbonyl (C=O) groups excluding carboxylic acids is 2. The Morgan fingerprint density at radius 1 is 1.26 bits per heavy atom. The van der Waals surface area contributed by atoms with Crippen molar-refractivity contribution in [1.82, 2.24) is 29.8 Å². The zero-order valence-electron chi connectivity index (χ0n) is 20.4. The van der Waals surface area contributed by atoms with E-state index in [9.17, 15) is 9.59 Å². The van der Waals surface area contributed by atoms with Gasteiger partial charge >= 0.3 is 0 Å². The molecule has 1 aliphatic heterocycles. The molecule has 0 radical (unpaired) electrons. The van der Waals surface area contributed by atoms with Gasteiger partial charge in [0.05, 0.1) is 11.8 Å². The monoisotopic (exact) mass is 495 g/mol. The van der Waals surface area contributed by atoms with Gasteiger partial charge in [-0.3, -0.25) is 9.59 Å². The minimum absolute atomic E-state index is 0.0420. The summed E-state index contributed by atoms with van der Waals surface area (Å²) >= 11 is 1.58. The molecule has 0 atom stereocenters. The zero-order valence-corrected chi connectivity index (χ0v) is 21.2. The van der Waals surface area contributed by atoms with Crippen molar-refractivity contribution in [1.29, 1.82) is 0 Å². The second kappa shape index (κ2) is 9.93. The van der Waals surface area contributed by atoms with Crippen molar-refractivity contribution in [3.63, 3.8) is 0 Å². The topological polar surface area (TPSA) is 105 Å². The highest BCUT2D eigenvalue weighted by atomic mass is 32.1. The zero-order chi connectivity index (χ0) is 24.4. The van der Waals surface area contributed by atoms with Crippen molar-refractivity contribution in [2.45, 2.75) is 57.9 Å². The van der Waals surface area contributed by atoms with Crippen molar-refractivity contribution >= 4 is 34.3 Å². The van der Waals surface area contributed by atoms with E-state index in [1.165, 1.54) is 0 Å². The third-order valence-electron chi connectivity index (χ3n) is 7.74. The molecule has 0 spiro atoms. The SMILES string of the molecule is CCC(CC)CNc1cc(C(=O)N2CCC(C3(NC=O)CC3)CC2)nc(-c2cnn3ccsc23)n1. The van der Waals surface area contributed by atoms with Crippen molar-refractivity contribution < 1.29 is 9.59 Å². The van der Waals surface area contributed by atoms with Crippen LogP contribution in [0.1, 0.15) is 62.9 Å². The Labute approximate surface area is 209 Å². The molecule has 1 saturated carbocycles. The van der Waals surface area contributed by atoms with E-state index >= 15 is 0 Å². The van der Waals surface area contributed by atoms with Gasteiger partial charge in [0, 0.05) is 42.8 Å². The van der Waals surface area contributed by atoms with E-state index in [4.69, 9.17) is 9.97 Å². The molecule has 2 N–H and O–H groups in total. The number of amides is 2. The fourth-order valence-electron chi connectivity index (χ4n) is 5.19. The summed E-state index contributed by atoms with van der Waals surface area (Å²) in [6, 6.07) is 1.78. The number of piperidine rings is 1. The lowest BCUT2D eigenvalue weighted by atomic mass is 9.87. The number of likely N-dealkylation sites (tertiary alicyclic amines) is 1. The Bertz CT molecular complexity index is 1190. The average molecular weight is 496 g/mol. The van der Waals surface area contributed by atoms with Crippen molar-refractivity contribution in [2.24, 2.45) is 11.8 Å². The molecule has 10 heteroatoms. The Morgan fingerprint density at radius 3 is 2.71 bits per heavy atom. The minimum Gasteiger partial charge on any atom is -0.370 e. The Kier molecular flexibility index (Phi) is 6.73. The molecule has 0 bridgehead atoms. The van der Waals surface area contributed by atoms with Gasteiger partial charge in [-0.15, -0.1) is 11.3 Å². The molecule has 0 unspecified atom stereocenters. The maximum absolute atomic E-state index is 13.6. The van der Waals surface area contributed by atoms with Crippen LogP contribution in [0.25, 0.3) is 16.2 Å². The molecule has 0 aromatic carbocycles. The van der Waals surface area contributed by atoms with Gasteiger partial charge in [-0.1, -0.05) is 26.7 Å². The third kappa shape index (κ3) is 4.76. The molecule has 3 aromatic heterocycles. The fourth-order valence-corrected chi connectivity index (χ4v) is 5.99. The van der Waals surface area contributed by atoms with Crippen LogP contribution < -0.4 is 10.6 Å². The number of anilines is 1. The number of fused-ring (bicyclic) bond motifs is 1. The van der Waals surface area contributed by atoms with Crippen molar-refractivity contribution in [3.8, 4) is 11.4 Å². The second-order valence-electron chi connectivity index (χ2n) is 9.72. The number of thiazole rings is 1. The van der Waals surface area contributed by atoms with E-state index in [2.05, 4.69) is 29.6 Å². The quantitative estimate of drug-likeness (QED) is 0.414. The number of nitrogens with zero attached hydrogens (tertiary/aromatic N) is 5. The lowest BCUT2D eigenvalue weighted by molar-refractivity contribution is -0.110. The summed E-state index contributed by atoms with van der Waals surface area (Å²) in [6.45, 7) is 6.53. The second-order valence-corrected chi connectivity index (χ2v) is 10.6. The first kappa shape index (κ1) is 23.7. The van der Waals surface area contributed by atoms with Gasteiger partial charge in [-0.25, -0.2) is 14.5 Å². The number of hydrogen-bond donors (Lipinski definition) is 2. The van der Waals surface area contributed by atoms with E-state index in [0.717, 1.165) is 61.9 Å². The predicted molar refractivity (Wildman–Crippen MR) is 136 cm³/mol.